The predicted octanol–water partition coefficient (Wildman–Crippen LogP) is 4.02. The van der Waals surface area contributed by atoms with Crippen molar-refractivity contribution in [2.75, 3.05) is 36.0 Å². The number of anilines is 2. The normalized spacial score (nSPS) is 14.7. The molecule has 0 spiro atoms. The summed E-state index contributed by atoms with van der Waals surface area (Å²) in [7, 11) is 0. The molecule has 10 heteroatoms. The third-order valence-electron chi connectivity index (χ3n) is 5.28. The van der Waals surface area contributed by atoms with Crippen LogP contribution in [0.1, 0.15) is 0 Å². The average molecular weight is 440 g/mol. The van der Waals surface area contributed by atoms with Crippen molar-refractivity contribution in [1.82, 2.24) is 19.6 Å². The van der Waals surface area contributed by atoms with E-state index in [9.17, 15) is 13.2 Å². The van der Waals surface area contributed by atoms with Gasteiger partial charge in [-0.05, 0) is 24.3 Å². The fourth-order valence-corrected chi connectivity index (χ4v) is 3.83. The van der Waals surface area contributed by atoms with Crippen LogP contribution in [0.3, 0.4) is 0 Å². The standard InChI is InChI=1S/C22H19F3N6O/c23-22(24,25)32-17-5-3-4-16(14-17)18-15-21(31-20(28-18)7-9-27-31)30-12-10-29(11-13-30)19-6-1-2-8-26-19/h1-9,14-15H,10-13H2. The molecule has 0 unspecified atom stereocenters. The first-order valence-corrected chi connectivity index (χ1v) is 10.1. The van der Waals surface area contributed by atoms with Crippen LogP contribution in [0.25, 0.3) is 16.9 Å². The topological polar surface area (TPSA) is 58.8 Å². The van der Waals surface area contributed by atoms with E-state index in [0.717, 1.165) is 37.8 Å². The first-order valence-electron chi connectivity index (χ1n) is 10.1. The van der Waals surface area contributed by atoms with Crippen LogP contribution in [0.5, 0.6) is 5.75 Å². The molecule has 0 aliphatic carbocycles. The Bertz CT molecular complexity index is 1220. The molecule has 3 aromatic heterocycles. The van der Waals surface area contributed by atoms with Gasteiger partial charge in [-0.15, -0.1) is 13.2 Å². The first-order chi connectivity index (χ1) is 15.5. The van der Waals surface area contributed by atoms with Crippen molar-refractivity contribution >= 4 is 17.3 Å². The van der Waals surface area contributed by atoms with Gasteiger partial charge in [0.05, 0.1) is 11.9 Å². The van der Waals surface area contributed by atoms with Gasteiger partial charge in [0, 0.05) is 50.1 Å². The molecule has 0 saturated carbocycles. The van der Waals surface area contributed by atoms with Gasteiger partial charge in [-0.2, -0.15) is 9.61 Å². The van der Waals surface area contributed by atoms with Gasteiger partial charge < -0.3 is 14.5 Å². The predicted molar refractivity (Wildman–Crippen MR) is 114 cm³/mol. The van der Waals surface area contributed by atoms with Crippen molar-refractivity contribution < 1.29 is 17.9 Å². The summed E-state index contributed by atoms with van der Waals surface area (Å²) < 4.78 is 43.7. The van der Waals surface area contributed by atoms with E-state index in [2.05, 4.69) is 29.6 Å². The number of pyridine rings is 1. The number of benzene rings is 1. The third-order valence-corrected chi connectivity index (χ3v) is 5.28. The number of hydrogen-bond acceptors (Lipinski definition) is 6. The number of piperazine rings is 1. The molecule has 7 nitrogen and oxygen atoms in total. The summed E-state index contributed by atoms with van der Waals surface area (Å²) in [5.41, 5.74) is 1.70. The highest BCUT2D eigenvalue weighted by atomic mass is 19.4. The smallest absolute Gasteiger partial charge is 0.406 e. The van der Waals surface area contributed by atoms with Crippen LogP contribution in [0.4, 0.5) is 24.8 Å². The Morgan fingerprint density at radius 1 is 0.844 bits per heavy atom. The lowest BCUT2D eigenvalue weighted by molar-refractivity contribution is -0.274. The lowest BCUT2D eigenvalue weighted by atomic mass is 10.1. The molecule has 1 fully saturated rings. The molecule has 4 heterocycles. The van der Waals surface area contributed by atoms with Gasteiger partial charge >= 0.3 is 6.36 Å². The molecule has 5 rings (SSSR count). The van der Waals surface area contributed by atoms with Crippen molar-refractivity contribution in [3.8, 4) is 17.0 Å². The first kappa shape index (κ1) is 20.1. The number of rotatable bonds is 4. The van der Waals surface area contributed by atoms with Crippen LogP contribution in [-0.2, 0) is 0 Å². The summed E-state index contributed by atoms with van der Waals surface area (Å²) in [4.78, 5) is 13.4. The van der Waals surface area contributed by atoms with E-state index in [4.69, 9.17) is 0 Å². The van der Waals surface area contributed by atoms with E-state index < -0.39 is 6.36 Å². The van der Waals surface area contributed by atoms with Crippen molar-refractivity contribution in [3.05, 3.63) is 67.0 Å². The summed E-state index contributed by atoms with van der Waals surface area (Å²) in [5.74, 6) is 1.49. The highest BCUT2D eigenvalue weighted by Crippen LogP contribution is 2.30. The Morgan fingerprint density at radius 2 is 1.66 bits per heavy atom. The van der Waals surface area contributed by atoms with E-state index in [1.54, 1.807) is 29.0 Å². The van der Waals surface area contributed by atoms with Crippen LogP contribution in [-0.4, -0.2) is 52.1 Å². The number of alkyl halides is 3. The quantitative estimate of drug-likeness (QED) is 0.478. The summed E-state index contributed by atoms with van der Waals surface area (Å²) >= 11 is 0. The van der Waals surface area contributed by atoms with Crippen LogP contribution < -0.4 is 14.5 Å². The second-order valence-electron chi connectivity index (χ2n) is 7.34. The minimum Gasteiger partial charge on any atom is -0.406 e. The number of aromatic nitrogens is 4. The average Bonchev–Trinajstić information content (AvgIpc) is 3.27. The van der Waals surface area contributed by atoms with Crippen LogP contribution in [0, 0.1) is 0 Å². The maximum absolute atomic E-state index is 12.6. The lowest BCUT2D eigenvalue weighted by Gasteiger charge is -2.36. The zero-order chi connectivity index (χ0) is 22.1. The maximum atomic E-state index is 12.6. The fourth-order valence-electron chi connectivity index (χ4n) is 3.83. The van der Waals surface area contributed by atoms with Gasteiger partial charge in [0.2, 0.25) is 0 Å². The summed E-state index contributed by atoms with van der Waals surface area (Å²) in [6.07, 6.45) is -1.32. The molecule has 0 radical (unpaired) electrons. The van der Waals surface area contributed by atoms with Gasteiger partial charge in [0.15, 0.2) is 5.65 Å². The lowest BCUT2D eigenvalue weighted by Crippen LogP contribution is -2.47. The van der Waals surface area contributed by atoms with Crippen LogP contribution >= 0.6 is 0 Å². The molecule has 1 saturated heterocycles. The Balaban J connectivity index is 1.44. The van der Waals surface area contributed by atoms with E-state index in [1.165, 1.54) is 18.2 Å². The Hall–Kier alpha value is -3.82. The molecule has 4 aromatic rings. The maximum Gasteiger partial charge on any atom is 0.573 e. The number of hydrogen-bond donors (Lipinski definition) is 0. The number of fused-ring (bicyclic) bond motifs is 1. The molecular weight excluding hydrogens is 421 g/mol. The molecule has 32 heavy (non-hydrogen) atoms. The molecular formula is C22H19F3N6O. The van der Waals surface area contributed by atoms with Crippen molar-refractivity contribution in [2.24, 2.45) is 0 Å². The molecule has 0 bridgehead atoms. The highest BCUT2D eigenvalue weighted by Gasteiger charge is 2.31. The molecule has 1 aromatic carbocycles. The van der Waals surface area contributed by atoms with Gasteiger partial charge in [0.1, 0.15) is 17.4 Å². The van der Waals surface area contributed by atoms with Crippen molar-refractivity contribution in [2.45, 2.75) is 6.36 Å². The summed E-state index contributed by atoms with van der Waals surface area (Å²) in [5, 5.41) is 4.38. The van der Waals surface area contributed by atoms with Gasteiger partial charge in [-0.25, -0.2) is 9.97 Å². The molecule has 164 valence electrons. The second kappa shape index (κ2) is 8.03. The molecule has 0 atom stereocenters. The van der Waals surface area contributed by atoms with Crippen molar-refractivity contribution in [1.29, 1.82) is 0 Å². The number of ether oxygens (including phenoxy) is 1. The Labute approximate surface area is 181 Å². The van der Waals surface area contributed by atoms with Crippen molar-refractivity contribution in [3.63, 3.8) is 0 Å². The van der Waals surface area contributed by atoms with Crippen LogP contribution in [0.2, 0.25) is 0 Å². The Kier molecular flexibility index (Phi) is 5.04. The van der Waals surface area contributed by atoms with E-state index in [-0.39, 0.29) is 5.75 Å². The zero-order valence-corrected chi connectivity index (χ0v) is 16.9. The minimum atomic E-state index is -4.75. The SMILES string of the molecule is FC(F)(F)Oc1cccc(-c2cc(N3CCN(c4ccccn4)CC3)n3nccc3n2)c1. The van der Waals surface area contributed by atoms with E-state index in [1.807, 2.05) is 24.3 Å². The fraction of sp³-hybridized carbons (Fsp3) is 0.227. The summed E-state index contributed by atoms with van der Waals surface area (Å²) in [6.45, 7) is 3.05. The minimum absolute atomic E-state index is 0.282. The second-order valence-corrected chi connectivity index (χ2v) is 7.34. The highest BCUT2D eigenvalue weighted by molar-refractivity contribution is 5.68. The Morgan fingerprint density at radius 3 is 2.41 bits per heavy atom. The van der Waals surface area contributed by atoms with Gasteiger partial charge in [0.25, 0.3) is 0 Å². The van der Waals surface area contributed by atoms with E-state index >= 15 is 0 Å². The van der Waals surface area contributed by atoms with Crippen LogP contribution in [0.15, 0.2) is 67.0 Å². The largest absolute Gasteiger partial charge is 0.573 e. The van der Waals surface area contributed by atoms with Gasteiger partial charge in [-0.3, -0.25) is 0 Å². The van der Waals surface area contributed by atoms with Gasteiger partial charge in [-0.1, -0.05) is 18.2 Å². The monoisotopic (exact) mass is 440 g/mol. The summed E-state index contributed by atoms with van der Waals surface area (Å²) in [6, 6.07) is 15.3. The molecule has 0 N–H and O–H groups in total. The van der Waals surface area contributed by atoms with E-state index in [0.29, 0.717) is 16.9 Å². The number of halogens is 3. The molecule has 0 amide bonds. The molecule has 1 aliphatic rings. The third kappa shape index (κ3) is 4.16. The molecule has 1 aliphatic heterocycles. The zero-order valence-electron chi connectivity index (χ0n) is 16.9. The number of nitrogens with zero attached hydrogens (tertiary/aromatic N) is 6.